The Bertz CT molecular complexity index is 1330. The number of hydrogen-bond donors (Lipinski definition) is 1. The molecular formula is C29H32N6O3. The van der Waals surface area contributed by atoms with E-state index in [2.05, 4.69) is 16.7 Å². The summed E-state index contributed by atoms with van der Waals surface area (Å²) in [6.45, 7) is 3.07. The van der Waals surface area contributed by atoms with Crippen molar-refractivity contribution in [1.82, 2.24) is 19.6 Å². The van der Waals surface area contributed by atoms with E-state index in [0.717, 1.165) is 35.4 Å². The molecule has 0 bridgehead atoms. The molecule has 3 atom stereocenters. The smallest absolute Gasteiger partial charge is 0.328 e. The summed E-state index contributed by atoms with van der Waals surface area (Å²) < 4.78 is 0. The van der Waals surface area contributed by atoms with Crippen LogP contribution in [0.15, 0.2) is 59.6 Å². The van der Waals surface area contributed by atoms with Crippen molar-refractivity contribution in [2.45, 2.75) is 38.0 Å². The van der Waals surface area contributed by atoms with Crippen LogP contribution in [-0.2, 0) is 4.79 Å². The Labute approximate surface area is 222 Å². The van der Waals surface area contributed by atoms with Gasteiger partial charge in [0.15, 0.2) is 24.0 Å². The molecule has 9 heteroatoms. The maximum atomic E-state index is 13.9. The zero-order valence-electron chi connectivity index (χ0n) is 21.7. The Balaban J connectivity index is 1.43. The van der Waals surface area contributed by atoms with E-state index in [1.807, 2.05) is 47.4 Å². The minimum Gasteiger partial charge on any atom is -0.341 e. The predicted molar refractivity (Wildman–Crippen MR) is 145 cm³/mol. The molecule has 2 aromatic carbocycles. The number of Topliss-reactive ketones (excluding diaryl/α,β-unsaturated/α-hetero) is 1. The number of urea groups is 1. The summed E-state index contributed by atoms with van der Waals surface area (Å²) in [5, 5.41) is 0. The van der Waals surface area contributed by atoms with Crippen molar-refractivity contribution in [2.24, 2.45) is 10.7 Å². The second-order valence-corrected chi connectivity index (χ2v) is 9.84. The van der Waals surface area contributed by atoms with Gasteiger partial charge in [-0.25, -0.2) is 9.79 Å². The first-order chi connectivity index (χ1) is 18.4. The van der Waals surface area contributed by atoms with Gasteiger partial charge in [0, 0.05) is 31.7 Å². The molecular weight excluding hydrogens is 480 g/mol. The van der Waals surface area contributed by atoms with Gasteiger partial charge >= 0.3 is 6.03 Å². The number of rotatable bonds is 5. The van der Waals surface area contributed by atoms with E-state index >= 15 is 0 Å². The van der Waals surface area contributed by atoms with Gasteiger partial charge in [-0.2, -0.15) is 0 Å². The summed E-state index contributed by atoms with van der Waals surface area (Å²) in [6, 6.07) is 15.6. The lowest BCUT2D eigenvalue weighted by Gasteiger charge is -2.41. The van der Waals surface area contributed by atoms with E-state index in [0.29, 0.717) is 18.1 Å². The fraction of sp³-hybridized carbons (Fsp3) is 0.379. The number of aliphatic imine (C=N–C) groups is 1. The van der Waals surface area contributed by atoms with Crippen molar-refractivity contribution in [3.05, 3.63) is 60.2 Å². The van der Waals surface area contributed by atoms with E-state index in [-0.39, 0.29) is 24.9 Å². The number of likely N-dealkylation sites (tertiary alicyclic amines) is 1. The van der Waals surface area contributed by atoms with Crippen molar-refractivity contribution < 1.29 is 14.4 Å². The molecule has 2 aromatic rings. The van der Waals surface area contributed by atoms with E-state index in [1.165, 1.54) is 4.90 Å². The van der Waals surface area contributed by atoms with Gasteiger partial charge in [-0.3, -0.25) is 14.5 Å². The summed E-state index contributed by atoms with van der Waals surface area (Å²) in [5.74, 6) is 5.83. The first kappa shape index (κ1) is 25.5. The summed E-state index contributed by atoms with van der Waals surface area (Å²) in [6.07, 6.45) is 1.17. The van der Waals surface area contributed by atoms with Crippen molar-refractivity contribution in [2.75, 3.05) is 33.2 Å². The first-order valence-electron chi connectivity index (χ1n) is 12.9. The van der Waals surface area contributed by atoms with Crippen LogP contribution >= 0.6 is 0 Å². The van der Waals surface area contributed by atoms with Crippen LogP contribution in [-0.4, -0.2) is 94.8 Å². The SMILES string of the molecule is CC#CCN1C(N2CCC[C@@H](N)C2)=NC2C1C(=O)N(CC(=O)c1ccccc1-c1ccccc1)C(=O)N2C. The summed E-state index contributed by atoms with van der Waals surface area (Å²) in [7, 11) is 1.62. The zero-order valence-corrected chi connectivity index (χ0v) is 21.7. The lowest BCUT2D eigenvalue weighted by Crippen LogP contribution is -2.66. The van der Waals surface area contributed by atoms with Crippen molar-refractivity contribution >= 4 is 23.7 Å². The van der Waals surface area contributed by atoms with E-state index in [4.69, 9.17) is 10.7 Å². The molecule has 2 unspecified atom stereocenters. The molecule has 2 saturated heterocycles. The minimum atomic E-state index is -0.760. The molecule has 196 valence electrons. The van der Waals surface area contributed by atoms with E-state index < -0.39 is 24.1 Å². The molecule has 9 nitrogen and oxygen atoms in total. The van der Waals surface area contributed by atoms with Gasteiger partial charge in [0.25, 0.3) is 5.91 Å². The molecule has 38 heavy (non-hydrogen) atoms. The third kappa shape index (κ3) is 4.63. The molecule has 3 aliphatic heterocycles. The van der Waals surface area contributed by atoms with Crippen molar-refractivity contribution in [3.8, 4) is 23.0 Å². The molecule has 0 spiro atoms. The Kier molecular flexibility index (Phi) is 7.16. The van der Waals surface area contributed by atoms with E-state index in [9.17, 15) is 14.4 Å². The highest BCUT2D eigenvalue weighted by Crippen LogP contribution is 2.30. The van der Waals surface area contributed by atoms with Crippen LogP contribution in [0.1, 0.15) is 30.1 Å². The average molecular weight is 513 g/mol. The van der Waals surface area contributed by atoms with Crippen LogP contribution in [0.4, 0.5) is 4.79 Å². The van der Waals surface area contributed by atoms with E-state index in [1.54, 1.807) is 26.1 Å². The lowest BCUT2D eigenvalue weighted by atomic mass is 9.96. The topological polar surface area (TPSA) is 103 Å². The third-order valence-electron chi connectivity index (χ3n) is 7.35. The van der Waals surface area contributed by atoms with Gasteiger partial charge in [0.1, 0.15) is 0 Å². The average Bonchev–Trinajstić information content (AvgIpc) is 3.33. The van der Waals surface area contributed by atoms with Crippen LogP contribution in [0.25, 0.3) is 11.1 Å². The number of hydrogen-bond acceptors (Lipinski definition) is 7. The molecule has 0 saturated carbocycles. The number of guanidine groups is 1. The first-order valence-corrected chi connectivity index (χ1v) is 12.9. The molecule has 0 aliphatic carbocycles. The maximum Gasteiger partial charge on any atom is 0.328 e. The lowest BCUT2D eigenvalue weighted by molar-refractivity contribution is -0.136. The van der Waals surface area contributed by atoms with Gasteiger partial charge in [0.2, 0.25) is 0 Å². The number of benzene rings is 2. The number of ketones is 1. The Morgan fingerprint density at radius 2 is 1.84 bits per heavy atom. The second-order valence-electron chi connectivity index (χ2n) is 9.84. The number of carbonyl (C=O) groups is 3. The number of fused-ring (bicyclic) bond motifs is 1. The molecule has 2 fully saturated rings. The number of amides is 3. The van der Waals surface area contributed by atoms with Gasteiger partial charge in [-0.1, -0.05) is 60.5 Å². The zero-order chi connectivity index (χ0) is 26.8. The molecule has 2 N–H and O–H groups in total. The molecule has 0 radical (unpaired) electrons. The van der Waals surface area contributed by atoms with Gasteiger partial charge in [-0.05, 0) is 30.9 Å². The monoisotopic (exact) mass is 512 g/mol. The van der Waals surface area contributed by atoms with Crippen LogP contribution in [0, 0.1) is 11.8 Å². The Morgan fingerprint density at radius 3 is 2.58 bits per heavy atom. The number of nitrogens with zero attached hydrogens (tertiary/aromatic N) is 5. The fourth-order valence-electron chi connectivity index (χ4n) is 5.42. The Morgan fingerprint density at radius 1 is 1.11 bits per heavy atom. The van der Waals surface area contributed by atoms with Crippen LogP contribution in [0.5, 0.6) is 0 Å². The molecule has 3 aliphatic rings. The highest BCUT2D eigenvalue weighted by atomic mass is 16.2. The molecule has 3 heterocycles. The maximum absolute atomic E-state index is 13.9. The normalized spacial score (nSPS) is 23.1. The number of imide groups is 1. The molecule has 5 rings (SSSR count). The largest absolute Gasteiger partial charge is 0.341 e. The number of piperidine rings is 1. The molecule has 3 amide bonds. The van der Waals surface area contributed by atoms with Gasteiger partial charge < -0.3 is 20.4 Å². The number of nitrogens with two attached hydrogens (primary N) is 1. The number of likely N-dealkylation sites (N-methyl/N-ethyl adjacent to an activating group) is 1. The minimum absolute atomic E-state index is 0.0158. The van der Waals surface area contributed by atoms with Crippen LogP contribution in [0.2, 0.25) is 0 Å². The standard InChI is InChI=1S/C29H32N6O3/c1-3-4-17-34-25-26(31-28(34)33-16-10-13-21(30)18-33)32(2)29(38)35(27(25)37)19-24(36)23-15-9-8-14-22(23)20-11-6-5-7-12-20/h5-9,11-12,14-15,21,25-26H,10,13,16-19,30H2,1-2H3/t21-,25?,26?/m1/s1. The van der Waals surface area contributed by atoms with Crippen LogP contribution < -0.4 is 5.73 Å². The van der Waals surface area contributed by atoms with Gasteiger partial charge in [0.05, 0.1) is 13.1 Å². The van der Waals surface area contributed by atoms with Crippen molar-refractivity contribution in [3.63, 3.8) is 0 Å². The summed E-state index contributed by atoms with van der Waals surface area (Å²) in [4.78, 5) is 52.1. The second kappa shape index (κ2) is 10.7. The number of carbonyl (C=O) groups excluding carboxylic acids is 3. The highest BCUT2D eigenvalue weighted by molar-refractivity contribution is 6.10. The highest BCUT2D eigenvalue weighted by Gasteiger charge is 2.53. The van der Waals surface area contributed by atoms with Crippen molar-refractivity contribution in [1.29, 1.82) is 0 Å². The Hall–Kier alpha value is -4.16. The predicted octanol–water partition coefficient (Wildman–Crippen LogP) is 2.24. The quantitative estimate of drug-likeness (QED) is 0.487. The molecule has 0 aromatic heterocycles. The van der Waals surface area contributed by atoms with Gasteiger partial charge in [-0.15, -0.1) is 5.92 Å². The third-order valence-corrected chi connectivity index (χ3v) is 7.35. The summed E-state index contributed by atoms with van der Waals surface area (Å²) >= 11 is 0. The summed E-state index contributed by atoms with van der Waals surface area (Å²) in [5.41, 5.74) is 8.34. The fourth-order valence-corrected chi connectivity index (χ4v) is 5.42. The van der Waals surface area contributed by atoms with Crippen LogP contribution in [0.3, 0.4) is 0 Å².